The second kappa shape index (κ2) is 8.83. The highest BCUT2D eigenvalue weighted by Crippen LogP contribution is 2.31. The van der Waals surface area contributed by atoms with Crippen LogP contribution in [-0.4, -0.2) is 37.5 Å². The van der Waals surface area contributed by atoms with Gasteiger partial charge in [0, 0.05) is 17.1 Å². The van der Waals surface area contributed by atoms with Crippen molar-refractivity contribution in [1.29, 1.82) is 0 Å². The number of aryl methyl sites for hydroxylation is 1. The van der Waals surface area contributed by atoms with Gasteiger partial charge in [-0.25, -0.2) is 12.8 Å². The van der Waals surface area contributed by atoms with Crippen LogP contribution in [-0.2, 0) is 16.6 Å². The Labute approximate surface area is 194 Å². The molecule has 0 saturated carbocycles. The molecule has 1 amide bonds. The lowest BCUT2D eigenvalue weighted by Gasteiger charge is -2.12. The van der Waals surface area contributed by atoms with E-state index in [-0.39, 0.29) is 23.2 Å². The van der Waals surface area contributed by atoms with Crippen molar-refractivity contribution < 1.29 is 22.3 Å². The summed E-state index contributed by atoms with van der Waals surface area (Å²) in [5.74, 6) is -0.331. The van der Waals surface area contributed by atoms with Crippen molar-refractivity contribution in [3.05, 3.63) is 70.5 Å². The molecule has 0 bridgehead atoms. The van der Waals surface area contributed by atoms with E-state index in [4.69, 9.17) is 4.74 Å². The molecular weight excluding hydrogens is 467 g/mol. The Morgan fingerprint density at radius 1 is 1.18 bits per heavy atom. The maximum atomic E-state index is 13.2. The average molecular weight is 489 g/mol. The van der Waals surface area contributed by atoms with Crippen LogP contribution in [0.4, 0.5) is 15.8 Å². The Morgan fingerprint density at radius 2 is 1.91 bits per heavy atom. The van der Waals surface area contributed by atoms with Crippen molar-refractivity contribution in [2.75, 3.05) is 23.4 Å². The molecule has 0 aliphatic rings. The summed E-state index contributed by atoms with van der Waals surface area (Å²) in [6.07, 6.45) is 1.04. The third-order valence-corrected chi connectivity index (χ3v) is 6.57. The van der Waals surface area contributed by atoms with E-state index in [2.05, 4.69) is 15.1 Å². The van der Waals surface area contributed by atoms with Gasteiger partial charge in [-0.3, -0.25) is 14.2 Å². The zero-order valence-electron chi connectivity index (χ0n) is 18.0. The molecule has 0 aliphatic heterocycles. The number of nitrogens with one attached hydrogen (secondary N) is 2. The number of fused-ring (bicyclic) bond motifs is 1. The summed E-state index contributed by atoms with van der Waals surface area (Å²) in [7, 11) is -2.06. The second-order valence-corrected chi connectivity index (χ2v) is 10.2. The predicted octanol–water partition coefficient (Wildman–Crippen LogP) is 4.23. The monoisotopic (exact) mass is 488 g/mol. The summed E-state index contributed by atoms with van der Waals surface area (Å²) in [6.45, 7) is 2.33. The third kappa shape index (κ3) is 5.15. The number of amides is 1. The summed E-state index contributed by atoms with van der Waals surface area (Å²) < 4.78 is 45.6. The van der Waals surface area contributed by atoms with E-state index < -0.39 is 10.0 Å². The van der Waals surface area contributed by atoms with Crippen molar-refractivity contribution in [1.82, 2.24) is 9.78 Å². The van der Waals surface area contributed by atoms with Crippen LogP contribution in [0.1, 0.15) is 20.9 Å². The third-order valence-electron chi connectivity index (χ3n) is 4.83. The quantitative estimate of drug-likeness (QED) is 0.405. The minimum absolute atomic E-state index is 0.274. The number of halogens is 1. The van der Waals surface area contributed by atoms with Crippen molar-refractivity contribution in [3.8, 4) is 5.75 Å². The predicted molar refractivity (Wildman–Crippen MR) is 127 cm³/mol. The van der Waals surface area contributed by atoms with E-state index in [0.29, 0.717) is 17.1 Å². The Balaban J connectivity index is 1.57. The van der Waals surface area contributed by atoms with Gasteiger partial charge in [-0.2, -0.15) is 5.10 Å². The molecule has 2 N–H and O–H groups in total. The molecule has 4 aromatic rings. The molecule has 0 spiro atoms. The molecule has 0 atom stereocenters. The molecule has 2 heterocycles. The first kappa shape index (κ1) is 22.7. The molecule has 172 valence electrons. The van der Waals surface area contributed by atoms with Gasteiger partial charge in [0.15, 0.2) is 0 Å². The number of rotatable bonds is 7. The fraction of sp³-hybridized carbons (Fsp3) is 0.182. The molecule has 0 fully saturated rings. The fourth-order valence-electron chi connectivity index (χ4n) is 3.34. The van der Waals surface area contributed by atoms with Gasteiger partial charge in [0.25, 0.3) is 5.91 Å². The van der Waals surface area contributed by atoms with Crippen LogP contribution in [0.15, 0.2) is 48.5 Å². The lowest BCUT2D eigenvalue weighted by molar-refractivity contribution is 0.103. The molecule has 8 nitrogen and oxygen atoms in total. The lowest BCUT2D eigenvalue weighted by Crippen LogP contribution is -2.12. The highest BCUT2D eigenvalue weighted by Gasteiger charge is 2.18. The molecule has 0 unspecified atom stereocenters. The van der Waals surface area contributed by atoms with E-state index in [9.17, 15) is 17.6 Å². The van der Waals surface area contributed by atoms with Crippen LogP contribution >= 0.6 is 11.3 Å². The Morgan fingerprint density at radius 3 is 2.58 bits per heavy atom. The minimum atomic E-state index is -3.47. The highest BCUT2D eigenvalue weighted by molar-refractivity contribution is 7.92. The van der Waals surface area contributed by atoms with Gasteiger partial charge >= 0.3 is 0 Å². The van der Waals surface area contributed by atoms with E-state index in [1.807, 2.05) is 6.92 Å². The van der Waals surface area contributed by atoms with E-state index in [1.54, 1.807) is 35.0 Å². The molecular formula is C22H21FN4O4S2. The summed E-state index contributed by atoms with van der Waals surface area (Å²) in [6, 6.07) is 12.6. The normalized spacial score (nSPS) is 11.5. The van der Waals surface area contributed by atoms with Gasteiger partial charge < -0.3 is 10.1 Å². The number of carbonyl (C=O) groups excluding carboxylic acids is 1. The Kier molecular flexibility index (Phi) is 6.09. The molecule has 0 saturated heterocycles. The van der Waals surface area contributed by atoms with Gasteiger partial charge in [-0.1, -0.05) is 12.1 Å². The first-order valence-electron chi connectivity index (χ1n) is 9.81. The van der Waals surface area contributed by atoms with Gasteiger partial charge in [0.05, 0.1) is 36.2 Å². The SMILES string of the molecule is COc1cc(NC(=O)c2cc3c(C)nn(Cc4ccc(F)cc4)c3s2)ccc1NS(C)(=O)=O. The fourth-order valence-corrected chi connectivity index (χ4v) is 4.96. The van der Waals surface area contributed by atoms with Crippen molar-refractivity contribution in [3.63, 3.8) is 0 Å². The second-order valence-electron chi connectivity index (χ2n) is 7.44. The summed E-state index contributed by atoms with van der Waals surface area (Å²) in [5.41, 5.74) is 2.42. The Bertz CT molecular complexity index is 1440. The first-order chi connectivity index (χ1) is 15.6. The van der Waals surface area contributed by atoms with Crippen molar-refractivity contribution in [2.24, 2.45) is 0 Å². The van der Waals surface area contributed by atoms with Crippen LogP contribution in [0.25, 0.3) is 10.2 Å². The zero-order chi connectivity index (χ0) is 23.8. The first-order valence-corrected chi connectivity index (χ1v) is 12.5. The molecule has 2 aromatic heterocycles. The highest BCUT2D eigenvalue weighted by atomic mass is 32.2. The van der Waals surface area contributed by atoms with Crippen LogP contribution in [0, 0.1) is 12.7 Å². The van der Waals surface area contributed by atoms with Crippen molar-refractivity contribution in [2.45, 2.75) is 13.5 Å². The maximum absolute atomic E-state index is 13.2. The van der Waals surface area contributed by atoms with Gasteiger partial charge in [0.2, 0.25) is 10.0 Å². The average Bonchev–Trinajstić information content (AvgIpc) is 3.31. The largest absolute Gasteiger partial charge is 0.494 e. The number of sulfonamides is 1. The summed E-state index contributed by atoms with van der Waals surface area (Å²) in [5, 5.41) is 8.23. The van der Waals surface area contributed by atoms with Crippen LogP contribution in [0.3, 0.4) is 0 Å². The molecule has 0 radical (unpaired) electrons. The van der Waals surface area contributed by atoms with E-state index in [0.717, 1.165) is 27.7 Å². The topological polar surface area (TPSA) is 102 Å². The summed E-state index contributed by atoms with van der Waals surface area (Å²) >= 11 is 1.31. The number of carbonyl (C=O) groups is 1. The number of hydrogen-bond acceptors (Lipinski definition) is 6. The van der Waals surface area contributed by atoms with Crippen LogP contribution < -0.4 is 14.8 Å². The molecule has 0 aliphatic carbocycles. The van der Waals surface area contributed by atoms with E-state index >= 15 is 0 Å². The number of methoxy groups -OCH3 is 1. The molecule has 11 heteroatoms. The van der Waals surface area contributed by atoms with Gasteiger partial charge in [-0.05, 0) is 42.8 Å². The van der Waals surface area contributed by atoms with Gasteiger partial charge in [-0.15, -0.1) is 11.3 Å². The molecule has 2 aromatic carbocycles. The zero-order valence-corrected chi connectivity index (χ0v) is 19.7. The number of nitrogens with zero attached hydrogens (tertiary/aromatic N) is 2. The lowest BCUT2D eigenvalue weighted by atomic mass is 10.2. The minimum Gasteiger partial charge on any atom is -0.494 e. The molecule has 4 rings (SSSR count). The van der Waals surface area contributed by atoms with E-state index in [1.165, 1.54) is 36.6 Å². The maximum Gasteiger partial charge on any atom is 0.265 e. The molecule has 33 heavy (non-hydrogen) atoms. The summed E-state index contributed by atoms with van der Waals surface area (Å²) in [4.78, 5) is 14.2. The number of thiophene rings is 1. The Hall–Kier alpha value is -3.44. The van der Waals surface area contributed by atoms with Crippen LogP contribution in [0.2, 0.25) is 0 Å². The van der Waals surface area contributed by atoms with Crippen molar-refractivity contribution >= 4 is 48.9 Å². The number of aromatic nitrogens is 2. The number of ether oxygens (including phenoxy) is 1. The standard InChI is InChI=1S/C22H21FN4O4S2/c1-13-17-11-20(32-22(17)27(25-13)12-14-4-6-15(23)7-5-14)21(28)24-16-8-9-18(19(10-16)31-2)26-33(3,29)30/h4-11,26H,12H2,1-3H3,(H,24,28). The smallest absolute Gasteiger partial charge is 0.265 e. The van der Waals surface area contributed by atoms with Gasteiger partial charge in [0.1, 0.15) is 16.4 Å². The number of anilines is 2. The number of benzene rings is 2. The van der Waals surface area contributed by atoms with Crippen LogP contribution in [0.5, 0.6) is 5.75 Å². The number of hydrogen-bond donors (Lipinski definition) is 2.